The van der Waals surface area contributed by atoms with E-state index in [0.29, 0.717) is 5.56 Å². The van der Waals surface area contributed by atoms with E-state index in [1.807, 2.05) is 44.2 Å². The van der Waals surface area contributed by atoms with Gasteiger partial charge in [0.05, 0.1) is 0 Å². The largest absolute Gasteiger partial charge is 0.489 e. The van der Waals surface area contributed by atoms with Crippen molar-refractivity contribution in [3.05, 3.63) is 64.7 Å². The molecule has 1 atom stereocenters. The van der Waals surface area contributed by atoms with E-state index in [1.165, 1.54) is 0 Å². The van der Waals surface area contributed by atoms with Gasteiger partial charge in [-0.25, -0.2) is 4.79 Å². The summed E-state index contributed by atoms with van der Waals surface area (Å²) in [6.07, 6.45) is -1.34. The number of hydrogen-bond acceptors (Lipinski definition) is 4. The Hall–Kier alpha value is -2.33. The predicted molar refractivity (Wildman–Crippen MR) is 97.5 cm³/mol. The molecule has 0 radical (unpaired) electrons. The highest BCUT2D eigenvalue weighted by Gasteiger charge is 2.26. The van der Waals surface area contributed by atoms with Gasteiger partial charge in [-0.15, -0.1) is 0 Å². The van der Waals surface area contributed by atoms with Crippen LogP contribution in [-0.2, 0) is 16.1 Å². The summed E-state index contributed by atoms with van der Waals surface area (Å²) in [5.74, 6) is 0.133. The Morgan fingerprint density at radius 2 is 1.80 bits per heavy atom. The Kier molecular flexibility index (Phi) is 5.85. The molecule has 2 aromatic rings. The number of rotatable bonds is 5. The van der Waals surface area contributed by atoms with Crippen molar-refractivity contribution in [2.24, 2.45) is 0 Å². The summed E-state index contributed by atoms with van der Waals surface area (Å²) in [6.45, 7) is 9.57. The smallest absolute Gasteiger partial charge is 0.340 e. The molecular weight excluding hydrogens is 316 g/mol. The van der Waals surface area contributed by atoms with E-state index in [4.69, 9.17) is 9.47 Å². The third kappa shape index (κ3) is 5.33. The molecule has 1 N–H and O–H groups in total. The topological polar surface area (TPSA) is 55.8 Å². The molecule has 1 unspecified atom stereocenters. The Morgan fingerprint density at radius 3 is 2.48 bits per heavy atom. The molecule has 134 valence electrons. The molecule has 0 aliphatic rings. The summed E-state index contributed by atoms with van der Waals surface area (Å²) in [7, 11) is 0. The number of carbonyl (C=O) groups excluding carboxylic acids is 1. The van der Waals surface area contributed by atoms with Gasteiger partial charge in [0.1, 0.15) is 18.0 Å². The molecule has 0 aliphatic carbocycles. The molecule has 0 amide bonds. The summed E-state index contributed by atoms with van der Waals surface area (Å²) in [4.78, 5) is 12.2. The van der Waals surface area contributed by atoms with Crippen LogP contribution in [0.25, 0.3) is 0 Å². The lowest BCUT2D eigenvalue weighted by Gasteiger charge is -2.23. The fourth-order valence-corrected chi connectivity index (χ4v) is 2.44. The van der Waals surface area contributed by atoms with Crippen LogP contribution >= 0.6 is 0 Å². The summed E-state index contributed by atoms with van der Waals surface area (Å²) < 4.78 is 11.2. The Bertz CT molecular complexity index is 744. The number of hydrogen-bond donors (Lipinski definition) is 1. The lowest BCUT2D eigenvalue weighted by Crippen LogP contribution is -2.28. The quantitative estimate of drug-likeness (QED) is 0.825. The van der Waals surface area contributed by atoms with E-state index in [2.05, 4.69) is 0 Å². The normalized spacial score (nSPS) is 12.6. The molecule has 0 saturated carbocycles. The van der Waals surface area contributed by atoms with Crippen LogP contribution in [0.2, 0.25) is 0 Å². The maximum Gasteiger partial charge on any atom is 0.340 e. The number of benzene rings is 2. The number of aryl methyl sites for hydroxylation is 2. The zero-order valence-electron chi connectivity index (χ0n) is 15.5. The third-order valence-corrected chi connectivity index (χ3v) is 3.71. The minimum absolute atomic E-state index is 0.264. The molecule has 2 aromatic carbocycles. The summed E-state index contributed by atoms with van der Waals surface area (Å²) in [6, 6.07) is 13.2. The van der Waals surface area contributed by atoms with Gasteiger partial charge in [-0.2, -0.15) is 0 Å². The fraction of sp³-hybridized carbons (Fsp3) is 0.381. The minimum atomic E-state index is -1.34. The number of ether oxygens (including phenoxy) is 2. The zero-order valence-corrected chi connectivity index (χ0v) is 15.5. The Morgan fingerprint density at radius 1 is 1.12 bits per heavy atom. The van der Waals surface area contributed by atoms with Gasteiger partial charge in [-0.05, 0) is 62.9 Å². The van der Waals surface area contributed by atoms with Gasteiger partial charge in [0.15, 0.2) is 6.10 Å². The van der Waals surface area contributed by atoms with Gasteiger partial charge in [0.2, 0.25) is 0 Å². The van der Waals surface area contributed by atoms with Crippen LogP contribution in [0.3, 0.4) is 0 Å². The van der Waals surface area contributed by atoms with Crippen molar-refractivity contribution in [1.82, 2.24) is 0 Å². The second-order valence-electron chi connectivity index (χ2n) is 7.19. The number of aliphatic hydroxyl groups is 1. The van der Waals surface area contributed by atoms with E-state index in [1.54, 1.807) is 32.9 Å². The first-order chi connectivity index (χ1) is 11.7. The molecule has 0 spiro atoms. The molecule has 0 saturated heterocycles. The highest BCUT2D eigenvalue weighted by atomic mass is 16.6. The lowest BCUT2D eigenvalue weighted by molar-refractivity contribution is -0.165. The van der Waals surface area contributed by atoms with Gasteiger partial charge in [-0.1, -0.05) is 36.4 Å². The van der Waals surface area contributed by atoms with Crippen LogP contribution in [0, 0.1) is 13.8 Å². The van der Waals surface area contributed by atoms with E-state index >= 15 is 0 Å². The number of carbonyl (C=O) groups is 1. The first-order valence-electron chi connectivity index (χ1n) is 8.36. The molecule has 0 fully saturated rings. The molecule has 0 bridgehead atoms. The van der Waals surface area contributed by atoms with Gasteiger partial charge >= 0.3 is 5.97 Å². The first kappa shape index (κ1) is 19.0. The van der Waals surface area contributed by atoms with E-state index in [9.17, 15) is 9.90 Å². The van der Waals surface area contributed by atoms with Crippen LogP contribution in [0.1, 0.15) is 49.1 Å². The van der Waals surface area contributed by atoms with E-state index in [0.717, 1.165) is 22.4 Å². The predicted octanol–water partition coefficient (Wildman–Crippen LogP) is 4.26. The lowest BCUT2D eigenvalue weighted by atomic mass is 10.0. The molecule has 25 heavy (non-hydrogen) atoms. The Balaban J connectivity index is 2.17. The molecule has 0 aromatic heterocycles. The molecular formula is C21H26O4. The van der Waals surface area contributed by atoms with Crippen molar-refractivity contribution in [2.75, 3.05) is 0 Å². The van der Waals surface area contributed by atoms with Crippen molar-refractivity contribution in [2.45, 2.75) is 52.9 Å². The van der Waals surface area contributed by atoms with Crippen molar-refractivity contribution in [1.29, 1.82) is 0 Å². The van der Waals surface area contributed by atoms with Gasteiger partial charge in [0, 0.05) is 0 Å². The SMILES string of the molecule is Cc1ccc(C)c(OCc2ccccc2C(O)C(=O)OC(C)(C)C)c1. The summed E-state index contributed by atoms with van der Waals surface area (Å²) in [5.41, 5.74) is 2.75. The maximum atomic E-state index is 12.2. The summed E-state index contributed by atoms with van der Waals surface area (Å²) >= 11 is 0. The maximum absolute atomic E-state index is 12.2. The highest BCUT2D eigenvalue weighted by molar-refractivity contribution is 5.77. The van der Waals surface area contributed by atoms with Crippen molar-refractivity contribution in [3.8, 4) is 5.75 Å². The molecule has 4 heteroatoms. The van der Waals surface area contributed by atoms with Crippen molar-refractivity contribution >= 4 is 5.97 Å². The first-order valence-corrected chi connectivity index (χ1v) is 8.36. The average molecular weight is 342 g/mol. The van der Waals surface area contributed by atoms with Crippen LogP contribution < -0.4 is 4.74 Å². The van der Waals surface area contributed by atoms with E-state index < -0.39 is 17.7 Å². The van der Waals surface area contributed by atoms with Crippen LogP contribution in [0.15, 0.2) is 42.5 Å². The molecule has 4 nitrogen and oxygen atoms in total. The second-order valence-corrected chi connectivity index (χ2v) is 7.19. The highest BCUT2D eigenvalue weighted by Crippen LogP contribution is 2.25. The van der Waals surface area contributed by atoms with Crippen LogP contribution in [-0.4, -0.2) is 16.7 Å². The minimum Gasteiger partial charge on any atom is -0.489 e. The molecule has 2 rings (SSSR count). The molecule has 0 heterocycles. The number of esters is 1. The molecule has 0 aliphatic heterocycles. The van der Waals surface area contributed by atoms with Crippen molar-refractivity contribution in [3.63, 3.8) is 0 Å². The van der Waals surface area contributed by atoms with Crippen LogP contribution in [0.4, 0.5) is 0 Å². The van der Waals surface area contributed by atoms with Gasteiger partial charge in [0.25, 0.3) is 0 Å². The zero-order chi connectivity index (χ0) is 18.6. The Labute approximate surface area is 149 Å². The van der Waals surface area contributed by atoms with Gasteiger partial charge in [-0.3, -0.25) is 0 Å². The third-order valence-electron chi connectivity index (χ3n) is 3.71. The van der Waals surface area contributed by atoms with Crippen LogP contribution in [0.5, 0.6) is 5.75 Å². The monoisotopic (exact) mass is 342 g/mol. The number of aliphatic hydroxyl groups excluding tert-OH is 1. The average Bonchev–Trinajstić information content (AvgIpc) is 2.53. The fourth-order valence-electron chi connectivity index (χ4n) is 2.44. The van der Waals surface area contributed by atoms with Gasteiger partial charge < -0.3 is 14.6 Å². The van der Waals surface area contributed by atoms with E-state index in [-0.39, 0.29) is 6.61 Å². The standard InChI is InChI=1S/C21H26O4/c1-14-10-11-15(2)18(12-14)24-13-16-8-6-7-9-17(16)19(22)20(23)25-21(3,4)5/h6-12,19,22H,13H2,1-5H3. The summed E-state index contributed by atoms with van der Waals surface area (Å²) in [5, 5.41) is 10.4. The second kappa shape index (κ2) is 7.70. The van der Waals surface area contributed by atoms with Crippen molar-refractivity contribution < 1.29 is 19.4 Å².